The minimum absolute atomic E-state index is 0.0647. The van der Waals surface area contributed by atoms with Crippen molar-refractivity contribution in [3.63, 3.8) is 0 Å². The number of thioether (sulfide) groups is 2. The van der Waals surface area contributed by atoms with Crippen LogP contribution >= 0.6 is 23.5 Å². The quantitative estimate of drug-likeness (QED) is 0.880. The number of halogens is 1. The molecule has 1 aromatic carbocycles. The van der Waals surface area contributed by atoms with E-state index in [1.54, 1.807) is 6.07 Å². The summed E-state index contributed by atoms with van der Waals surface area (Å²) in [5.41, 5.74) is 1.09. The van der Waals surface area contributed by atoms with Crippen LogP contribution in [0.5, 0.6) is 0 Å². The zero-order valence-electron chi connectivity index (χ0n) is 10.6. The van der Waals surface area contributed by atoms with Gasteiger partial charge in [0, 0.05) is 11.8 Å². The second kappa shape index (κ2) is 5.65. The highest BCUT2D eigenvalue weighted by atomic mass is 32.2. The van der Waals surface area contributed by atoms with Gasteiger partial charge in [-0.1, -0.05) is 17.8 Å². The molecule has 0 bridgehead atoms. The summed E-state index contributed by atoms with van der Waals surface area (Å²) >= 11 is 3.01. The molecule has 1 aromatic heterocycles. The highest BCUT2D eigenvalue weighted by molar-refractivity contribution is 8.00. The summed E-state index contributed by atoms with van der Waals surface area (Å²) in [6.07, 6.45) is 1.01. The molecule has 7 heteroatoms. The zero-order chi connectivity index (χ0) is 14.1. The number of aromatic nitrogens is 2. The van der Waals surface area contributed by atoms with Gasteiger partial charge in [0.05, 0.1) is 11.3 Å². The maximum absolute atomic E-state index is 13.9. The van der Waals surface area contributed by atoms with Gasteiger partial charge in [-0.25, -0.2) is 9.37 Å². The van der Waals surface area contributed by atoms with Crippen LogP contribution in [0.3, 0.4) is 0 Å². The smallest absolute Gasteiger partial charge is 0.313 e. The largest absolute Gasteiger partial charge is 0.481 e. The number of fused-ring (bicyclic) bond motifs is 1. The normalized spacial score (nSPS) is 18.8. The number of imidazole rings is 1. The Morgan fingerprint density at radius 2 is 2.45 bits per heavy atom. The Morgan fingerprint density at radius 3 is 3.15 bits per heavy atom. The molecule has 1 aliphatic rings. The van der Waals surface area contributed by atoms with Crippen LogP contribution in [-0.4, -0.2) is 37.9 Å². The van der Waals surface area contributed by atoms with Crippen molar-refractivity contribution in [1.82, 2.24) is 9.55 Å². The lowest BCUT2D eigenvalue weighted by Crippen LogP contribution is -2.10. The van der Waals surface area contributed by atoms with Crippen LogP contribution in [0, 0.1) is 5.82 Å². The Hall–Kier alpha value is -1.21. The minimum atomic E-state index is -0.894. The molecule has 1 aliphatic heterocycles. The van der Waals surface area contributed by atoms with Gasteiger partial charge >= 0.3 is 5.97 Å². The molecule has 1 unspecified atom stereocenters. The monoisotopic (exact) mass is 312 g/mol. The van der Waals surface area contributed by atoms with Crippen LogP contribution in [0.15, 0.2) is 23.4 Å². The van der Waals surface area contributed by atoms with Gasteiger partial charge < -0.3 is 9.67 Å². The topological polar surface area (TPSA) is 55.1 Å². The molecule has 0 saturated carbocycles. The van der Waals surface area contributed by atoms with Crippen LogP contribution in [0.25, 0.3) is 11.0 Å². The Balaban J connectivity index is 2.08. The molecule has 0 spiro atoms. The summed E-state index contributed by atoms with van der Waals surface area (Å²) in [5.74, 6) is 0.717. The van der Waals surface area contributed by atoms with Crippen molar-refractivity contribution in [1.29, 1.82) is 0 Å². The van der Waals surface area contributed by atoms with Gasteiger partial charge in [-0.15, -0.1) is 0 Å². The van der Waals surface area contributed by atoms with E-state index in [2.05, 4.69) is 4.98 Å². The van der Waals surface area contributed by atoms with E-state index in [-0.39, 0.29) is 17.6 Å². The van der Waals surface area contributed by atoms with E-state index < -0.39 is 5.97 Å². The van der Waals surface area contributed by atoms with E-state index in [1.165, 1.54) is 6.07 Å². The Bertz CT molecular complexity index is 653. The second-order valence-corrected chi connectivity index (χ2v) is 6.66. The van der Waals surface area contributed by atoms with Crippen molar-refractivity contribution >= 4 is 40.5 Å². The lowest BCUT2D eigenvalue weighted by molar-refractivity contribution is -0.133. The van der Waals surface area contributed by atoms with Crippen molar-refractivity contribution in [3.05, 3.63) is 24.0 Å². The standard InChI is InChI=1S/C13H13FN2O2S2/c14-9-2-1-3-10-12(9)15-13(20-7-11(17)18)16(10)8-4-5-19-6-8/h1-3,8H,4-7H2,(H,17,18). The molecule has 1 saturated heterocycles. The average molecular weight is 312 g/mol. The first kappa shape index (κ1) is 13.8. The summed E-state index contributed by atoms with van der Waals surface area (Å²) in [6, 6.07) is 5.17. The zero-order valence-corrected chi connectivity index (χ0v) is 12.2. The number of para-hydroxylation sites is 1. The fourth-order valence-electron chi connectivity index (χ4n) is 2.37. The van der Waals surface area contributed by atoms with Crippen molar-refractivity contribution < 1.29 is 14.3 Å². The summed E-state index contributed by atoms with van der Waals surface area (Å²) in [7, 11) is 0. The van der Waals surface area contributed by atoms with Crippen molar-refractivity contribution in [2.45, 2.75) is 17.6 Å². The predicted molar refractivity (Wildman–Crippen MR) is 79.0 cm³/mol. The summed E-state index contributed by atoms with van der Waals surface area (Å²) in [5, 5.41) is 9.42. The number of carboxylic acid groups (broad SMARTS) is 1. The highest BCUT2D eigenvalue weighted by Crippen LogP contribution is 2.35. The van der Waals surface area contributed by atoms with E-state index in [4.69, 9.17) is 5.11 Å². The van der Waals surface area contributed by atoms with Crippen molar-refractivity contribution in [3.8, 4) is 0 Å². The molecular weight excluding hydrogens is 299 g/mol. The number of aliphatic carboxylic acids is 1. The molecule has 1 atom stereocenters. The third-order valence-corrected chi connectivity index (χ3v) is 5.32. The van der Waals surface area contributed by atoms with E-state index in [0.29, 0.717) is 10.7 Å². The van der Waals surface area contributed by atoms with Crippen molar-refractivity contribution in [2.75, 3.05) is 17.3 Å². The Kier molecular flexibility index (Phi) is 3.89. The summed E-state index contributed by atoms with van der Waals surface area (Å²) in [4.78, 5) is 15.1. The van der Waals surface area contributed by atoms with Gasteiger partial charge in [0.15, 0.2) is 11.0 Å². The first-order valence-corrected chi connectivity index (χ1v) is 8.39. The molecular formula is C13H13FN2O2S2. The molecule has 0 aliphatic carbocycles. The van der Waals surface area contributed by atoms with Gasteiger partial charge in [0.25, 0.3) is 0 Å². The number of hydrogen-bond acceptors (Lipinski definition) is 4. The van der Waals surface area contributed by atoms with Crippen LogP contribution in [0.4, 0.5) is 4.39 Å². The maximum Gasteiger partial charge on any atom is 0.313 e. The summed E-state index contributed by atoms with van der Waals surface area (Å²) < 4.78 is 15.9. The van der Waals surface area contributed by atoms with E-state index in [9.17, 15) is 9.18 Å². The fraction of sp³-hybridized carbons (Fsp3) is 0.385. The molecule has 0 radical (unpaired) electrons. The van der Waals surface area contributed by atoms with Gasteiger partial charge in [0.1, 0.15) is 5.52 Å². The van der Waals surface area contributed by atoms with E-state index in [0.717, 1.165) is 35.2 Å². The second-order valence-electron chi connectivity index (χ2n) is 4.57. The molecule has 20 heavy (non-hydrogen) atoms. The SMILES string of the molecule is O=C(O)CSc1nc2c(F)cccc2n1C1CCSC1. The molecule has 1 N–H and O–H groups in total. The van der Waals surface area contributed by atoms with Gasteiger partial charge in [0.2, 0.25) is 0 Å². The van der Waals surface area contributed by atoms with Crippen LogP contribution in [0.1, 0.15) is 12.5 Å². The summed E-state index contributed by atoms with van der Waals surface area (Å²) in [6.45, 7) is 0. The fourth-order valence-corrected chi connectivity index (χ4v) is 4.36. The number of hydrogen-bond donors (Lipinski definition) is 1. The number of carboxylic acids is 1. The van der Waals surface area contributed by atoms with Crippen LogP contribution in [-0.2, 0) is 4.79 Å². The van der Waals surface area contributed by atoms with Crippen molar-refractivity contribution in [2.24, 2.45) is 0 Å². The molecule has 0 amide bonds. The number of nitrogens with zero attached hydrogens (tertiary/aromatic N) is 2. The number of rotatable bonds is 4. The molecule has 2 aromatic rings. The van der Waals surface area contributed by atoms with E-state index >= 15 is 0 Å². The maximum atomic E-state index is 13.9. The Morgan fingerprint density at radius 1 is 1.60 bits per heavy atom. The van der Waals surface area contributed by atoms with Crippen LogP contribution in [0.2, 0.25) is 0 Å². The van der Waals surface area contributed by atoms with Gasteiger partial charge in [-0.2, -0.15) is 11.8 Å². The lowest BCUT2D eigenvalue weighted by atomic mass is 10.2. The first-order chi connectivity index (χ1) is 9.66. The first-order valence-electron chi connectivity index (χ1n) is 6.25. The molecule has 1 fully saturated rings. The number of carbonyl (C=O) groups is 1. The van der Waals surface area contributed by atoms with Crippen LogP contribution < -0.4 is 0 Å². The molecule has 3 rings (SSSR count). The average Bonchev–Trinajstić information content (AvgIpc) is 3.03. The molecule has 2 heterocycles. The third kappa shape index (κ3) is 2.52. The lowest BCUT2D eigenvalue weighted by Gasteiger charge is -2.14. The third-order valence-electron chi connectivity index (χ3n) is 3.23. The minimum Gasteiger partial charge on any atom is -0.481 e. The molecule has 106 valence electrons. The van der Waals surface area contributed by atoms with Gasteiger partial charge in [-0.05, 0) is 24.3 Å². The highest BCUT2D eigenvalue weighted by Gasteiger charge is 2.24. The number of benzene rings is 1. The van der Waals surface area contributed by atoms with E-state index in [1.807, 2.05) is 22.4 Å². The molecule has 4 nitrogen and oxygen atoms in total. The Labute approximate surface area is 123 Å². The predicted octanol–water partition coefficient (Wildman–Crippen LogP) is 3.03. The van der Waals surface area contributed by atoms with Gasteiger partial charge in [-0.3, -0.25) is 4.79 Å².